The van der Waals surface area contributed by atoms with E-state index in [1.807, 2.05) is 0 Å². The normalized spacial score (nSPS) is 52.0. The molecule has 0 saturated carbocycles. The molecule has 44 nitrogen and oxygen atoms in total. The highest BCUT2D eigenvalue weighted by Gasteiger charge is 2.59. The van der Waals surface area contributed by atoms with E-state index < -0.39 is 306 Å². The first kappa shape index (κ1) is 77.3. The predicted octanol–water partition coefficient (Wildman–Crippen LogP) is -18.4. The Morgan fingerprint density at radius 3 is 0.968 bits per heavy atom. The Morgan fingerprint density at radius 1 is 0.280 bits per heavy atom. The SMILES string of the molecule is N[C@H]1C(O)O[C@H](CO)[C@@H](O[C@H]2O[C@H](CO[C@H]3O[C@H](CO)[C@@H](O)[C@H](O)[C@@H]3O[C@H]3O[C@H](COP(=O)(O)O)[C@@H](O)[C@H](O)[C@@H]3O)[C@@H](O)[C@H](O[C@H]3O[C@H](CO[C@H]4O[C@H](CO)[C@H](O)[C@H](O)[C@H]4O[C@H]4O[C@H](CO)[C@H](O)[C@H](O)[C@H]4O)[C@H](O)[C@H](O)[C@H]3O[C@H]3O[C@H](CO)[C@H](O)[C@H](O)[C@H]3O)[C@@H]2O)[C@@H]1O. The molecule has 28 N–H and O–H groups in total. The smallest absolute Gasteiger partial charge is 0.394 e. The molecule has 0 aromatic carbocycles. The van der Waals surface area contributed by atoms with Crippen molar-refractivity contribution in [3.05, 3.63) is 0 Å². The van der Waals surface area contributed by atoms with Gasteiger partial charge in [-0.1, -0.05) is 0 Å². The lowest BCUT2D eigenvalue weighted by Crippen LogP contribution is -2.69. The van der Waals surface area contributed by atoms with Gasteiger partial charge in [-0.25, -0.2) is 4.57 Å². The Morgan fingerprint density at radius 2 is 0.570 bits per heavy atom. The zero-order valence-electron chi connectivity index (χ0n) is 48.3. The van der Waals surface area contributed by atoms with Crippen molar-refractivity contribution in [1.29, 1.82) is 0 Å². The summed E-state index contributed by atoms with van der Waals surface area (Å²) in [6, 6.07) is -1.71. The lowest BCUT2D eigenvalue weighted by Gasteiger charge is -2.50. The molecule has 45 heteroatoms. The molecule has 0 aromatic heterocycles. The summed E-state index contributed by atoms with van der Waals surface area (Å²) in [7, 11) is -5.27. The standard InChI is InChI=1S/C48H84NO43P/c49-17-25(62)36(13(5-54)80-41(17)73)88-45-35(72)37(24(61)15(85-45)7-78-47-39(30(67)21(58)12(4-53)84-47)91-44-34(71)28(65)22(59)16(86-44)8-79-93(74,75)76)89-48-40(92-43-33(70)27(64)19(56)10(2-51)82-43)31(68)23(60)14(87-48)6-77-46-38(29(66)20(57)11(3-52)83-46)90-42-32(69)26(63)18(55)9(1-50)81-42/h9-48,50-73H,1-8,49H2,(H2,74,75,76)/t9-,10-,11-,12-,13-,14-,15-,16-,17-,18+,19+,20+,21-,22-,23+,24-,25-,26+,27+,28+,29+,30+,31+,32-,33-,34+,35+,36-,37+,38-,39+,40-,41?,42-,43-,44-,45-,46+,47+,48-/m1/s1. The summed E-state index contributed by atoms with van der Waals surface area (Å²) in [5, 5.41) is 261. The molecular weight excluding hydrogens is 1310 g/mol. The first-order valence-corrected chi connectivity index (χ1v) is 30.5. The number of phosphoric ester groups is 1. The molecule has 544 valence electrons. The van der Waals surface area contributed by atoms with Gasteiger partial charge in [0.15, 0.2) is 50.3 Å². The van der Waals surface area contributed by atoms with Gasteiger partial charge < -0.3 is 209 Å². The van der Waals surface area contributed by atoms with E-state index in [1.54, 1.807) is 0 Å². The number of rotatable bonds is 24. The van der Waals surface area contributed by atoms with Crippen LogP contribution in [0.1, 0.15) is 0 Å². The topological polar surface area (TPSA) is 717 Å². The Kier molecular flexibility index (Phi) is 27.3. The number of phosphoric acid groups is 1. The second-order valence-corrected chi connectivity index (χ2v) is 24.4. The van der Waals surface area contributed by atoms with Crippen molar-refractivity contribution in [2.45, 2.75) is 246 Å². The fraction of sp³-hybridized carbons (Fsp3) is 1.00. The monoisotopic (exact) mass is 1390 g/mol. The van der Waals surface area contributed by atoms with Gasteiger partial charge in [0.2, 0.25) is 0 Å². The number of nitrogens with two attached hydrogens (primary N) is 1. The van der Waals surface area contributed by atoms with Crippen LogP contribution in [0.2, 0.25) is 0 Å². The highest BCUT2D eigenvalue weighted by atomic mass is 31.2. The second kappa shape index (κ2) is 32.9. The predicted molar refractivity (Wildman–Crippen MR) is 277 cm³/mol. The van der Waals surface area contributed by atoms with Crippen LogP contribution >= 0.6 is 7.82 Å². The Labute approximate surface area is 523 Å². The van der Waals surface area contributed by atoms with Crippen LogP contribution in [0.15, 0.2) is 0 Å². The molecule has 8 heterocycles. The Bertz CT molecular complexity index is 2330. The van der Waals surface area contributed by atoms with Gasteiger partial charge in [0.05, 0.1) is 58.9 Å². The van der Waals surface area contributed by atoms with Crippen molar-refractivity contribution >= 4 is 7.82 Å². The molecular formula is C48H84NO43P. The van der Waals surface area contributed by atoms with Gasteiger partial charge in [0.25, 0.3) is 0 Å². The lowest BCUT2D eigenvalue weighted by atomic mass is 9.95. The van der Waals surface area contributed by atoms with E-state index in [4.69, 9.17) is 76.8 Å². The molecule has 8 aliphatic heterocycles. The zero-order valence-corrected chi connectivity index (χ0v) is 49.2. The molecule has 8 saturated heterocycles. The minimum Gasteiger partial charge on any atom is -0.394 e. The molecule has 8 rings (SSSR count). The minimum atomic E-state index is -5.27. The Hall–Kier alpha value is -1.49. The maximum Gasteiger partial charge on any atom is 0.469 e. The summed E-state index contributed by atoms with van der Waals surface area (Å²) in [4.78, 5) is 18.5. The number of hydrogen-bond donors (Lipinski definition) is 27. The van der Waals surface area contributed by atoms with Crippen LogP contribution < -0.4 is 5.73 Å². The van der Waals surface area contributed by atoms with Gasteiger partial charge in [-0.05, 0) is 0 Å². The van der Waals surface area contributed by atoms with Gasteiger partial charge in [-0.15, -0.1) is 0 Å². The summed E-state index contributed by atoms with van der Waals surface area (Å²) in [6.45, 7) is -8.55. The quantitative estimate of drug-likeness (QED) is 0.0399. The van der Waals surface area contributed by atoms with Crippen LogP contribution in [-0.2, 0) is 80.1 Å². The first-order chi connectivity index (χ1) is 43.8. The molecule has 0 spiro atoms. The summed E-state index contributed by atoms with van der Waals surface area (Å²) in [5.41, 5.74) is 5.94. The molecule has 8 fully saturated rings. The molecule has 0 aliphatic carbocycles. The van der Waals surface area contributed by atoms with E-state index in [2.05, 4.69) is 4.52 Å². The summed E-state index contributed by atoms with van der Waals surface area (Å²) in [6.07, 6.45) is -82.1. The third-order valence-corrected chi connectivity index (χ3v) is 17.4. The number of aliphatic hydroxyl groups is 24. The van der Waals surface area contributed by atoms with Crippen LogP contribution in [0, 0.1) is 0 Å². The average molecular weight is 1390 g/mol. The van der Waals surface area contributed by atoms with Crippen molar-refractivity contribution < 1.29 is 212 Å². The van der Waals surface area contributed by atoms with Gasteiger partial charge >= 0.3 is 7.82 Å². The number of ether oxygens (including phenoxy) is 15. The van der Waals surface area contributed by atoms with Crippen molar-refractivity contribution in [3.63, 3.8) is 0 Å². The minimum absolute atomic E-state index is 0.954. The van der Waals surface area contributed by atoms with Crippen molar-refractivity contribution in [2.24, 2.45) is 5.73 Å². The fourth-order valence-corrected chi connectivity index (χ4v) is 11.7. The molecule has 8 aliphatic rings. The third-order valence-electron chi connectivity index (χ3n) is 16.9. The zero-order chi connectivity index (χ0) is 68.6. The lowest BCUT2D eigenvalue weighted by molar-refractivity contribution is -0.402. The highest BCUT2D eigenvalue weighted by molar-refractivity contribution is 7.46. The second-order valence-electron chi connectivity index (χ2n) is 23.1. The largest absolute Gasteiger partial charge is 0.469 e. The Balaban J connectivity index is 1.11. The van der Waals surface area contributed by atoms with Crippen LogP contribution in [0.3, 0.4) is 0 Å². The van der Waals surface area contributed by atoms with E-state index in [9.17, 15) is 137 Å². The van der Waals surface area contributed by atoms with Crippen molar-refractivity contribution in [1.82, 2.24) is 0 Å². The van der Waals surface area contributed by atoms with Crippen molar-refractivity contribution in [3.8, 4) is 0 Å². The number of hydrogen-bond acceptors (Lipinski definition) is 42. The van der Waals surface area contributed by atoms with Crippen LogP contribution in [0.5, 0.6) is 0 Å². The van der Waals surface area contributed by atoms with E-state index in [0.29, 0.717) is 0 Å². The molecule has 0 bridgehead atoms. The molecule has 1 unspecified atom stereocenters. The van der Waals surface area contributed by atoms with Gasteiger partial charge in [-0.2, -0.15) is 0 Å². The van der Waals surface area contributed by atoms with Crippen LogP contribution in [0.4, 0.5) is 0 Å². The molecule has 93 heavy (non-hydrogen) atoms. The molecule has 0 amide bonds. The summed E-state index contributed by atoms with van der Waals surface area (Å²) in [5.74, 6) is 0. The summed E-state index contributed by atoms with van der Waals surface area (Å²) >= 11 is 0. The fourth-order valence-electron chi connectivity index (χ4n) is 11.4. The number of aliphatic hydroxyl groups excluding tert-OH is 24. The van der Waals surface area contributed by atoms with E-state index in [1.165, 1.54) is 0 Å². The maximum absolute atomic E-state index is 12.3. The maximum atomic E-state index is 12.3. The third kappa shape index (κ3) is 17.0. The highest BCUT2D eigenvalue weighted by Crippen LogP contribution is 2.40. The van der Waals surface area contributed by atoms with Gasteiger partial charge in [-0.3, -0.25) is 4.52 Å². The van der Waals surface area contributed by atoms with E-state index in [0.717, 1.165) is 0 Å². The van der Waals surface area contributed by atoms with E-state index >= 15 is 0 Å². The van der Waals surface area contributed by atoms with Gasteiger partial charge in [0.1, 0.15) is 189 Å². The molecule has 0 radical (unpaired) electrons. The molecule has 40 atom stereocenters. The van der Waals surface area contributed by atoms with Gasteiger partial charge in [0, 0.05) is 0 Å². The van der Waals surface area contributed by atoms with Crippen molar-refractivity contribution in [2.75, 3.05) is 52.9 Å². The average Bonchev–Trinajstić information content (AvgIpc) is 0.818. The first-order valence-electron chi connectivity index (χ1n) is 29.0. The molecule has 0 aromatic rings. The van der Waals surface area contributed by atoms with Crippen LogP contribution in [0.25, 0.3) is 0 Å². The van der Waals surface area contributed by atoms with Crippen LogP contribution in [-0.4, -0.2) is 431 Å². The summed E-state index contributed by atoms with van der Waals surface area (Å²) < 4.78 is 102. The van der Waals surface area contributed by atoms with E-state index in [-0.39, 0.29) is 0 Å².